The van der Waals surface area contributed by atoms with E-state index in [1.807, 2.05) is 0 Å². The molecule has 0 fully saturated rings. The Bertz CT molecular complexity index is 639. The SMILES string of the molecule is CC(C)(C)OC(=O)/C=C(/Sc1ccccc1N)C(=O)OC(C)(C)C. The van der Waals surface area contributed by atoms with E-state index in [2.05, 4.69) is 0 Å². The quantitative estimate of drug-likeness (QED) is 0.383. The number of nitrogen functional groups attached to an aromatic ring is 1. The molecule has 1 aromatic carbocycles. The van der Waals surface area contributed by atoms with Gasteiger partial charge in [0.15, 0.2) is 0 Å². The van der Waals surface area contributed by atoms with Gasteiger partial charge in [0.25, 0.3) is 0 Å². The van der Waals surface area contributed by atoms with E-state index < -0.39 is 23.1 Å². The minimum Gasteiger partial charge on any atom is -0.457 e. The van der Waals surface area contributed by atoms with Gasteiger partial charge in [0, 0.05) is 16.7 Å². The standard InChI is InChI=1S/C18H25NO4S/c1-17(2,3)22-15(20)11-14(16(21)23-18(4,5)6)24-13-10-8-7-9-12(13)19/h7-11H,19H2,1-6H3/b14-11+. The van der Waals surface area contributed by atoms with E-state index in [0.29, 0.717) is 10.6 Å². The summed E-state index contributed by atoms with van der Waals surface area (Å²) in [6.07, 6.45) is 1.15. The summed E-state index contributed by atoms with van der Waals surface area (Å²) in [5.41, 5.74) is 5.10. The third-order valence-corrected chi connectivity index (χ3v) is 3.49. The maximum absolute atomic E-state index is 12.4. The molecule has 0 atom stereocenters. The van der Waals surface area contributed by atoms with Crippen LogP contribution in [0.1, 0.15) is 41.5 Å². The van der Waals surface area contributed by atoms with Crippen molar-refractivity contribution >= 4 is 29.4 Å². The van der Waals surface area contributed by atoms with Crippen molar-refractivity contribution in [2.45, 2.75) is 57.6 Å². The van der Waals surface area contributed by atoms with Crippen molar-refractivity contribution < 1.29 is 19.1 Å². The smallest absolute Gasteiger partial charge is 0.345 e. The van der Waals surface area contributed by atoms with Gasteiger partial charge in [-0.2, -0.15) is 0 Å². The van der Waals surface area contributed by atoms with E-state index in [0.717, 1.165) is 17.8 Å². The average Bonchev–Trinajstić information content (AvgIpc) is 2.36. The number of esters is 2. The van der Waals surface area contributed by atoms with Gasteiger partial charge >= 0.3 is 11.9 Å². The second kappa shape index (κ2) is 7.75. The second-order valence-electron chi connectivity index (χ2n) is 7.18. The Hall–Kier alpha value is -1.95. The monoisotopic (exact) mass is 351 g/mol. The largest absolute Gasteiger partial charge is 0.457 e. The highest BCUT2D eigenvalue weighted by Crippen LogP contribution is 2.32. The normalized spacial score (nSPS) is 12.7. The number of anilines is 1. The number of para-hydroxylation sites is 1. The van der Waals surface area contributed by atoms with Crippen molar-refractivity contribution in [3.63, 3.8) is 0 Å². The number of carbonyl (C=O) groups is 2. The predicted octanol–water partition coefficient (Wildman–Crippen LogP) is 3.93. The van der Waals surface area contributed by atoms with Crippen molar-refractivity contribution in [2.75, 3.05) is 5.73 Å². The molecule has 0 aromatic heterocycles. The van der Waals surface area contributed by atoms with Gasteiger partial charge in [-0.25, -0.2) is 9.59 Å². The summed E-state index contributed by atoms with van der Waals surface area (Å²) in [6, 6.07) is 7.10. The van der Waals surface area contributed by atoms with Crippen molar-refractivity contribution in [2.24, 2.45) is 0 Å². The topological polar surface area (TPSA) is 78.6 Å². The number of nitrogens with two attached hydrogens (primary N) is 1. The van der Waals surface area contributed by atoms with Gasteiger partial charge in [0.05, 0.1) is 0 Å². The van der Waals surface area contributed by atoms with E-state index in [1.54, 1.807) is 65.8 Å². The molecule has 1 rings (SSSR count). The van der Waals surface area contributed by atoms with Crippen LogP contribution in [0.25, 0.3) is 0 Å². The molecule has 0 saturated heterocycles. The molecule has 0 aliphatic heterocycles. The first kappa shape index (κ1) is 20.1. The van der Waals surface area contributed by atoms with Crippen molar-refractivity contribution in [1.29, 1.82) is 0 Å². The van der Waals surface area contributed by atoms with Gasteiger partial charge in [0.2, 0.25) is 0 Å². The minimum absolute atomic E-state index is 0.122. The van der Waals surface area contributed by atoms with E-state index >= 15 is 0 Å². The lowest BCUT2D eigenvalue weighted by Gasteiger charge is -2.21. The van der Waals surface area contributed by atoms with Crippen molar-refractivity contribution in [3.8, 4) is 0 Å². The minimum atomic E-state index is -0.674. The molecule has 0 aliphatic carbocycles. The second-order valence-corrected chi connectivity index (χ2v) is 8.27. The van der Waals surface area contributed by atoms with Gasteiger partial charge in [0.1, 0.15) is 16.1 Å². The first-order valence-corrected chi connectivity index (χ1v) is 8.39. The van der Waals surface area contributed by atoms with Gasteiger partial charge in [-0.3, -0.25) is 0 Å². The highest BCUT2D eigenvalue weighted by Gasteiger charge is 2.24. The first-order chi connectivity index (χ1) is 10.9. The predicted molar refractivity (Wildman–Crippen MR) is 96.5 cm³/mol. The van der Waals surface area contributed by atoms with Crippen LogP contribution in [0.3, 0.4) is 0 Å². The van der Waals surface area contributed by atoms with Crippen molar-refractivity contribution in [3.05, 3.63) is 35.2 Å². The van der Waals surface area contributed by atoms with Gasteiger partial charge in [-0.05, 0) is 53.7 Å². The Morgan fingerprint density at radius 2 is 1.54 bits per heavy atom. The molecule has 0 unspecified atom stereocenters. The molecule has 24 heavy (non-hydrogen) atoms. The molecule has 0 radical (unpaired) electrons. The Morgan fingerprint density at radius 1 is 1.00 bits per heavy atom. The molecule has 0 amide bonds. The summed E-state index contributed by atoms with van der Waals surface area (Å²) < 4.78 is 10.6. The molecular formula is C18H25NO4S. The molecule has 0 saturated carbocycles. The third kappa shape index (κ3) is 7.55. The summed E-state index contributed by atoms with van der Waals surface area (Å²) in [7, 11) is 0. The summed E-state index contributed by atoms with van der Waals surface area (Å²) in [5, 5.41) is 0. The van der Waals surface area contributed by atoms with E-state index in [9.17, 15) is 9.59 Å². The fraction of sp³-hybridized carbons (Fsp3) is 0.444. The van der Waals surface area contributed by atoms with Crippen LogP contribution in [0.4, 0.5) is 5.69 Å². The number of carbonyl (C=O) groups excluding carboxylic acids is 2. The van der Waals surface area contributed by atoms with Gasteiger partial charge in [-0.1, -0.05) is 23.9 Å². The lowest BCUT2D eigenvalue weighted by molar-refractivity contribution is -0.151. The summed E-state index contributed by atoms with van der Waals surface area (Å²) in [4.78, 5) is 25.3. The number of hydrogen-bond acceptors (Lipinski definition) is 6. The van der Waals surface area contributed by atoms with Crippen LogP contribution >= 0.6 is 11.8 Å². The molecule has 0 bridgehead atoms. The van der Waals surface area contributed by atoms with Gasteiger partial charge < -0.3 is 15.2 Å². The molecule has 6 heteroatoms. The maximum atomic E-state index is 12.4. The Balaban J connectivity index is 3.09. The fourth-order valence-corrected chi connectivity index (χ4v) is 2.44. The summed E-state index contributed by atoms with van der Waals surface area (Å²) >= 11 is 1.08. The molecule has 132 valence electrons. The highest BCUT2D eigenvalue weighted by molar-refractivity contribution is 8.04. The molecule has 0 spiro atoms. The zero-order chi connectivity index (χ0) is 18.5. The van der Waals surface area contributed by atoms with Gasteiger partial charge in [-0.15, -0.1) is 0 Å². The number of thioether (sulfide) groups is 1. The van der Waals surface area contributed by atoms with Crippen LogP contribution in [0.5, 0.6) is 0 Å². The zero-order valence-corrected chi connectivity index (χ0v) is 15.8. The Labute approximate surface area is 147 Å². The van der Waals surface area contributed by atoms with E-state index in [4.69, 9.17) is 15.2 Å². The van der Waals surface area contributed by atoms with Crippen LogP contribution in [-0.2, 0) is 19.1 Å². The zero-order valence-electron chi connectivity index (χ0n) is 15.0. The molecule has 0 heterocycles. The molecule has 0 aliphatic rings. The number of benzene rings is 1. The van der Waals surface area contributed by atoms with Crippen LogP contribution in [-0.4, -0.2) is 23.1 Å². The Kier molecular flexibility index (Phi) is 6.49. The molecule has 5 nitrogen and oxygen atoms in total. The lowest BCUT2D eigenvalue weighted by atomic mass is 10.2. The van der Waals surface area contributed by atoms with Crippen LogP contribution in [0.15, 0.2) is 40.1 Å². The fourth-order valence-electron chi connectivity index (χ4n) is 1.59. The van der Waals surface area contributed by atoms with E-state index in [-0.39, 0.29) is 4.91 Å². The van der Waals surface area contributed by atoms with Crippen molar-refractivity contribution in [1.82, 2.24) is 0 Å². The first-order valence-electron chi connectivity index (χ1n) is 7.58. The average molecular weight is 351 g/mol. The number of ether oxygens (including phenoxy) is 2. The summed E-state index contributed by atoms with van der Waals surface area (Å²) in [6.45, 7) is 10.6. The molecule has 1 aromatic rings. The van der Waals surface area contributed by atoms with Crippen LogP contribution in [0.2, 0.25) is 0 Å². The Morgan fingerprint density at radius 3 is 2.04 bits per heavy atom. The lowest BCUT2D eigenvalue weighted by Crippen LogP contribution is -2.26. The summed E-state index contributed by atoms with van der Waals surface area (Å²) in [5.74, 6) is -1.20. The number of hydrogen-bond donors (Lipinski definition) is 1. The molecule has 2 N–H and O–H groups in total. The molecular weight excluding hydrogens is 326 g/mol. The van der Waals surface area contributed by atoms with E-state index in [1.165, 1.54) is 0 Å². The highest BCUT2D eigenvalue weighted by atomic mass is 32.2. The van der Waals surface area contributed by atoms with Crippen LogP contribution < -0.4 is 5.73 Å². The third-order valence-electron chi connectivity index (χ3n) is 2.39. The maximum Gasteiger partial charge on any atom is 0.345 e. The van der Waals surface area contributed by atoms with Crippen LogP contribution in [0, 0.1) is 0 Å². The number of rotatable bonds is 4.